The predicted molar refractivity (Wildman–Crippen MR) is 98.2 cm³/mol. The molecule has 1 heterocycles. The molecule has 1 aromatic rings. The molecule has 1 aliphatic carbocycles. The Hall–Kier alpha value is -2.11. The Labute approximate surface area is 150 Å². The van der Waals surface area contributed by atoms with Crippen LogP contribution in [0.4, 0.5) is 4.79 Å². The SMILES string of the molecule is CC(Cc1ccccn1)N(C)C(=O)NCCC(=O)NC1CCCCC1. The van der Waals surface area contributed by atoms with Gasteiger partial charge in [0.2, 0.25) is 5.91 Å². The number of hydrogen-bond acceptors (Lipinski definition) is 3. The van der Waals surface area contributed by atoms with Crippen molar-refractivity contribution in [2.45, 2.75) is 64.0 Å². The number of likely N-dealkylation sites (N-methyl/N-ethyl adjacent to an activating group) is 1. The number of aromatic nitrogens is 1. The predicted octanol–water partition coefficient (Wildman–Crippen LogP) is 2.49. The number of hydrogen-bond donors (Lipinski definition) is 2. The first-order valence-electron chi connectivity index (χ1n) is 9.26. The summed E-state index contributed by atoms with van der Waals surface area (Å²) >= 11 is 0. The second kappa shape index (κ2) is 10.0. The number of amides is 3. The van der Waals surface area contributed by atoms with Gasteiger partial charge in [0, 0.05) is 50.4 Å². The van der Waals surface area contributed by atoms with Crippen LogP contribution < -0.4 is 10.6 Å². The van der Waals surface area contributed by atoms with Crippen molar-refractivity contribution >= 4 is 11.9 Å². The molecule has 0 bridgehead atoms. The molecule has 1 unspecified atom stereocenters. The minimum absolute atomic E-state index is 0.0244. The third-order valence-corrected chi connectivity index (χ3v) is 4.81. The largest absolute Gasteiger partial charge is 0.353 e. The summed E-state index contributed by atoms with van der Waals surface area (Å²) in [5.74, 6) is 0.0244. The monoisotopic (exact) mass is 346 g/mol. The molecule has 1 saturated carbocycles. The van der Waals surface area contributed by atoms with Crippen molar-refractivity contribution in [1.29, 1.82) is 0 Å². The van der Waals surface area contributed by atoms with E-state index >= 15 is 0 Å². The second-order valence-corrected chi connectivity index (χ2v) is 6.87. The van der Waals surface area contributed by atoms with Crippen molar-refractivity contribution in [2.75, 3.05) is 13.6 Å². The summed E-state index contributed by atoms with van der Waals surface area (Å²) in [6.45, 7) is 2.35. The highest BCUT2D eigenvalue weighted by atomic mass is 16.2. The average molecular weight is 346 g/mol. The van der Waals surface area contributed by atoms with Gasteiger partial charge in [0.05, 0.1) is 0 Å². The van der Waals surface area contributed by atoms with Crippen LogP contribution in [-0.4, -0.2) is 47.5 Å². The number of pyridine rings is 1. The smallest absolute Gasteiger partial charge is 0.317 e. The van der Waals surface area contributed by atoms with Crippen LogP contribution in [0.5, 0.6) is 0 Å². The van der Waals surface area contributed by atoms with Crippen LogP contribution in [0, 0.1) is 0 Å². The van der Waals surface area contributed by atoms with Crippen molar-refractivity contribution in [2.24, 2.45) is 0 Å². The quantitative estimate of drug-likeness (QED) is 0.796. The molecule has 0 aliphatic heterocycles. The molecule has 2 rings (SSSR count). The first-order chi connectivity index (χ1) is 12.1. The maximum absolute atomic E-state index is 12.2. The third kappa shape index (κ3) is 6.72. The van der Waals surface area contributed by atoms with Gasteiger partial charge in [-0.3, -0.25) is 9.78 Å². The highest BCUT2D eigenvalue weighted by Crippen LogP contribution is 2.17. The van der Waals surface area contributed by atoms with Crippen molar-refractivity contribution in [1.82, 2.24) is 20.5 Å². The zero-order valence-electron chi connectivity index (χ0n) is 15.3. The zero-order valence-corrected chi connectivity index (χ0v) is 15.3. The van der Waals surface area contributed by atoms with E-state index in [-0.39, 0.29) is 18.0 Å². The molecule has 1 aromatic heterocycles. The lowest BCUT2D eigenvalue weighted by molar-refractivity contribution is -0.121. The van der Waals surface area contributed by atoms with Crippen LogP contribution in [0.3, 0.4) is 0 Å². The van der Waals surface area contributed by atoms with Crippen LogP contribution in [0.2, 0.25) is 0 Å². The van der Waals surface area contributed by atoms with E-state index in [0.717, 1.165) is 18.5 Å². The molecule has 6 nitrogen and oxygen atoms in total. The minimum atomic E-state index is -0.158. The van der Waals surface area contributed by atoms with Gasteiger partial charge in [-0.15, -0.1) is 0 Å². The van der Waals surface area contributed by atoms with Crippen LogP contribution in [0.1, 0.15) is 51.1 Å². The Kier molecular flexibility index (Phi) is 7.70. The van der Waals surface area contributed by atoms with E-state index in [1.807, 2.05) is 25.1 Å². The summed E-state index contributed by atoms with van der Waals surface area (Å²) in [6.07, 6.45) is 8.59. The number of rotatable bonds is 7. The first kappa shape index (κ1) is 19.2. The average Bonchev–Trinajstić information content (AvgIpc) is 2.62. The molecule has 1 fully saturated rings. The molecule has 0 spiro atoms. The fourth-order valence-corrected chi connectivity index (χ4v) is 3.11. The molecular formula is C19H30N4O2. The van der Waals surface area contributed by atoms with Gasteiger partial charge < -0.3 is 15.5 Å². The van der Waals surface area contributed by atoms with Gasteiger partial charge in [-0.1, -0.05) is 25.3 Å². The summed E-state index contributed by atoms with van der Waals surface area (Å²) < 4.78 is 0. The molecule has 0 radical (unpaired) electrons. The Morgan fingerprint density at radius 2 is 2.04 bits per heavy atom. The van der Waals surface area contributed by atoms with Gasteiger partial charge in [0.1, 0.15) is 0 Å². The van der Waals surface area contributed by atoms with Crippen LogP contribution in [0.25, 0.3) is 0 Å². The van der Waals surface area contributed by atoms with Gasteiger partial charge in [0.25, 0.3) is 0 Å². The van der Waals surface area contributed by atoms with E-state index < -0.39 is 0 Å². The highest BCUT2D eigenvalue weighted by Gasteiger charge is 2.18. The summed E-state index contributed by atoms with van der Waals surface area (Å²) in [4.78, 5) is 30.1. The Morgan fingerprint density at radius 1 is 1.28 bits per heavy atom. The molecule has 3 amide bonds. The fourth-order valence-electron chi connectivity index (χ4n) is 3.11. The van der Waals surface area contributed by atoms with Crippen molar-refractivity contribution in [3.8, 4) is 0 Å². The van der Waals surface area contributed by atoms with E-state index in [9.17, 15) is 9.59 Å². The number of carbonyl (C=O) groups is 2. The zero-order chi connectivity index (χ0) is 18.1. The highest BCUT2D eigenvalue weighted by molar-refractivity contribution is 5.78. The van der Waals surface area contributed by atoms with E-state index in [0.29, 0.717) is 25.4 Å². The molecule has 0 saturated heterocycles. The maximum Gasteiger partial charge on any atom is 0.317 e. The van der Waals surface area contributed by atoms with Crippen LogP contribution in [0.15, 0.2) is 24.4 Å². The standard InChI is InChI=1S/C19H30N4O2/c1-15(14-17-10-6-7-12-20-17)23(2)19(25)21-13-11-18(24)22-16-8-4-3-5-9-16/h6-7,10,12,15-16H,3-5,8-9,11,13-14H2,1-2H3,(H,21,25)(H,22,24). The van der Waals surface area contributed by atoms with Crippen molar-refractivity contribution < 1.29 is 9.59 Å². The lowest BCUT2D eigenvalue weighted by Gasteiger charge is -2.25. The van der Waals surface area contributed by atoms with Gasteiger partial charge in [-0.25, -0.2) is 4.79 Å². The topological polar surface area (TPSA) is 74.3 Å². The third-order valence-electron chi connectivity index (χ3n) is 4.81. The molecule has 138 valence electrons. The van der Waals surface area contributed by atoms with E-state index in [2.05, 4.69) is 15.6 Å². The number of nitrogens with one attached hydrogen (secondary N) is 2. The van der Waals surface area contributed by atoms with Gasteiger partial charge in [-0.05, 0) is 31.9 Å². The minimum Gasteiger partial charge on any atom is -0.353 e. The molecule has 1 aliphatic rings. The number of carbonyl (C=O) groups excluding carboxylic acids is 2. The summed E-state index contributed by atoms with van der Waals surface area (Å²) in [5, 5.41) is 5.89. The molecule has 2 N–H and O–H groups in total. The van der Waals surface area contributed by atoms with E-state index in [4.69, 9.17) is 0 Å². The summed E-state index contributed by atoms with van der Waals surface area (Å²) in [5.41, 5.74) is 0.960. The van der Waals surface area contributed by atoms with E-state index in [1.165, 1.54) is 19.3 Å². The maximum atomic E-state index is 12.2. The fraction of sp³-hybridized carbons (Fsp3) is 0.632. The molecule has 25 heavy (non-hydrogen) atoms. The number of urea groups is 1. The van der Waals surface area contributed by atoms with Crippen LogP contribution in [-0.2, 0) is 11.2 Å². The Bertz CT molecular complexity index is 544. The second-order valence-electron chi connectivity index (χ2n) is 6.87. The van der Waals surface area contributed by atoms with Gasteiger partial charge >= 0.3 is 6.03 Å². The summed E-state index contributed by atoms with van der Waals surface area (Å²) in [7, 11) is 1.77. The normalized spacial score (nSPS) is 16.1. The van der Waals surface area contributed by atoms with Gasteiger partial charge in [-0.2, -0.15) is 0 Å². The molecule has 1 atom stereocenters. The Morgan fingerprint density at radius 3 is 2.72 bits per heavy atom. The molecule has 6 heteroatoms. The molecule has 0 aromatic carbocycles. The van der Waals surface area contributed by atoms with Gasteiger partial charge in [0.15, 0.2) is 0 Å². The molecular weight excluding hydrogens is 316 g/mol. The van der Waals surface area contributed by atoms with Crippen molar-refractivity contribution in [3.05, 3.63) is 30.1 Å². The summed E-state index contributed by atoms with van der Waals surface area (Å²) in [6, 6.07) is 5.97. The van der Waals surface area contributed by atoms with E-state index in [1.54, 1.807) is 18.1 Å². The Balaban J connectivity index is 1.65. The first-order valence-corrected chi connectivity index (χ1v) is 9.26. The lowest BCUT2D eigenvalue weighted by atomic mass is 9.95. The number of nitrogens with zero attached hydrogens (tertiary/aromatic N) is 2. The van der Waals surface area contributed by atoms with Crippen LogP contribution >= 0.6 is 0 Å². The lowest BCUT2D eigenvalue weighted by Crippen LogP contribution is -2.44. The van der Waals surface area contributed by atoms with Crippen molar-refractivity contribution in [3.63, 3.8) is 0 Å².